The summed E-state index contributed by atoms with van der Waals surface area (Å²) in [5.74, 6) is -0.454. The summed E-state index contributed by atoms with van der Waals surface area (Å²) in [6.45, 7) is 1.79. The minimum Gasteiger partial charge on any atom is -0.363 e. The van der Waals surface area contributed by atoms with E-state index in [9.17, 15) is 18.0 Å². The smallest absolute Gasteiger partial charge is 0.363 e. The third-order valence-corrected chi connectivity index (χ3v) is 6.15. The second-order valence-corrected chi connectivity index (χ2v) is 8.44. The zero-order chi connectivity index (χ0) is 23.0. The molecule has 4 rings (SSSR count). The van der Waals surface area contributed by atoms with Gasteiger partial charge in [0.15, 0.2) is 11.7 Å². The van der Waals surface area contributed by atoms with Crippen molar-refractivity contribution in [1.82, 2.24) is 15.1 Å². The van der Waals surface area contributed by atoms with Gasteiger partial charge in [-0.1, -0.05) is 59.6 Å². The van der Waals surface area contributed by atoms with Crippen LogP contribution in [0.1, 0.15) is 53.1 Å². The molecule has 0 spiro atoms. The molecule has 1 aliphatic heterocycles. The van der Waals surface area contributed by atoms with E-state index in [4.69, 9.17) is 23.2 Å². The van der Waals surface area contributed by atoms with E-state index in [1.54, 1.807) is 19.1 Å². The van der Waals surface area contributed by atoms with Gasteiger partial charge in [0.05, 0.1) is 22.1 Å². The molecule has 5 nitrogen and oxygen atoms in total. The second-order valence-electron chi connectivity index (χ2n) is 7.63. The average Bonchev–Trinajstić information content (AvgIpc) is 3.19. The number of carbonyl (C=O) groups excluding carboxylic acids is 1. The zero-order valence-corrected chi connectivity index (χ0v) is 18.3. The first-order valence-electron chi connectivity index (χ1n) is 9.87. The fourth-order valence-corrected chi connectivity index (χ4v) is 4.03. The first-order valence-corrected chi connectivity index (χ1v) is 10.6. The van der Waals surface area contributed by atoms with Crippen LogP contribution in [0.5, 0.6) is 0 Å². The molecule has 0 saturated heterocycles. The van der Waals surface area contributed by atoms with Crippen molar-refractivity contribution in [3.8, 4) is 0 Å². The van der Waals surface area contributed by atoms with E-state index in [1.807, 2.05) is 30.3 Å². The summed E-state index contributed by atoms with van der Waals surface area (Å²) in [5, 5.41) is 10.4. The summed E-state index contributed by atoms with van der Waals surface area (Å²) < 4.78 is 42.4. The lowest BCUT2D eigenvalue weighted by molar-refractivity contribution is -0.173. The van der Waals surface area contributed by atoms with Gasteiger partial charge in [-0.2, -0.15) is 18.3 Å². The molecule has 32 heavy (non-hydrogen) atoms. The number of alkyl halides is 3. The monoisotopic (exact) mass is 482 g/mol. The van der Waals surface area contributed by atoms with E-state index >= 15 is 0 Å². The van der Waals surface area contributed by atoms with Gasteiger partial charge >= 0.3 is 6.18 Å². The Morgan fingerprint density at radius 3 is 2.53 bits per heavy atom. The van der Waals surface area contributed by atoms with Crippen LogP contribution in [0.4, 0.5) is 19.0 Å². The molecule has 2 aromatic carbocycles. The van der Waals surface area contributed by atoms with Crippen molar-refractivity contribution in [2.45, 2.75) is 37.6 Å². The highest BCUT2D eigenvalue weighted by atomic mass is 35.5. The summed E-state index contributed by atoms with van der Waals surface area (Å²) in [5.41, 5.74) is 1.33. The number of fused-ring (bicyclic) bond motifs is 1. The van der Waals surface area contributed by atoms with Gasteiger partial charge in [0.1, 0.15) is 5.82 Å². The molecule has 0 unspecified atom stereocenters. The van der Waals surface area contributed by atoms with E-state index < -0.39 is 24.2 Å². The molecule has 10 heteroatoms. The number of halogens is 5. The van der Waals surface area contributed by atoms with Gasteiger partial charge in [-0.3, -0.25) is 4.79 Å². The van der Waals surface area contributed by atoms with Crippen molar-refractivity contribution in [2.75, 3.05) is 5.32 Å². The zero-order valence-electron chi connectivity index (χ0n) is 16.8. The van der Waals surface area contributed by atoms with Crippen LogP contribution < -0.4 is 10.6 Å². The third-order valence-electron chi connectivity index (χ3n) is 5.42. The van der Waals surface area contributed by atoms with Gasteiger partial charge < -0.3 is 10.6 Å². The van der Waals surface area contributed by atoms with Gasteiger partial charge in [0.2, 0.25) is 0 Å². The number of nitrogens with zero attached hydrogens (tertiary/aromatic N) is 2. The molecule has 2 N–H and O–H groups in total. The number of hydrogen-bond donors (Lipinski definition) is 2. The largest absolute Gasteiger partial charge is 0.410 e. The normalized spacial score (nSPS) is 19.1. The molecule has 0 radical (unpaired) electrons. The van der Waals surface area contributed by atoms with Gasteiger partial charge in [0, 0.05) is 12.5 Å². The van der Waals surface area contributed by atoms with Crippen molar-refractivity contribution in [1.29, 1.82) is 0 Å². The van der Waals surface area contributed by atoms with Crippen LogP contribution in [-0.2, 0) is 0 Å². The topological polar surface area (TPSA) is 59.0 Å². The Bertz CT molecular complexity index is 1130. The average molecular weight is 483 g/mol. The lowest BCUT2D eigenvalue weighted by Gasteiger charge is -2.33. The number of hydrogen-bond acceptors (Lipinski definition) is 3. The van der Waals surface area contributed by atoms with Gasteiger partial charge in [0.25, 0.3) is 5.91 Å². The van der Waals surface area contributed by atoms with Gasteiger partial charge in [-0.05, 0) is 30.2 Å². The lowest BCUT2D eigenvalue weighted by atomic mass is 9.97. The Kier molecular flexibility index (Phi) is 6.09. The molecule has 3 aromatic rings. The van der Waals surface area contributed by atoms with Crippen molar-refractivity contribution < 1.29 is 18.0 Å². The van der Waals surface area contributed by atoms with Crippen molar-refractivity contribution >= 4 is 34.9 Å². The van der Waals surface area contributed by atoms with Crippen LogP contribution in [0.15, 0.2) is 54.6 Å². The number of anilines is 1. The molecule has 1 aromatic heterocycles. The summed E-state index contributed by atoms with van der Waals surface area (Å²) in [7, 11) is 0. The molecular weight excluding hydrogens is 464 g/mol. The standard InChI is InChI=1S/C22H19Cl2F3N4O/c1-12(13-5-3-2-4-6-13)28-21(32)18-11-20-29-17(14-7-8-15(23)16(24)9-14)10-19(22(25,26)27)31(20)30-18/h2-9,11-12,17,19,29H,10H2,1H3,(H,28,32)/t12-,17+,19+/m1/s1. The lowest BCUT2D eigenvalue weighted by Crippen LogP contribution is -2.36. The van der Waals surface area contributed by atoms with Gasteiger partial charge in [-0.25, -0.2) is 4.68 Å². The highest BCUT2D eigenvalue weighted by Gasteiger charge is 2.46. The van der Waals surface area contributed by atoms with Crippen molar-refractivity contribution in [2.24, 2.45) is 0 Å². The summed E-state index contributed by atoms with van der Waals surface area (Å²) in [6.07, 6.45) is -4.86. The molecule has 0 bridgehead atoms. The maximum absolute atomic E-state index is 13.9. The van der Waals surface area contributed by atoms with Crippen LogP contribution in [0, 0.1) is 0 Å². The highest BCUT2D eigenvalue weighted by molar-refractivity contribution is 6.42. The van der Waals surface area contributed by atoms with E-state index in [-0.39, 0.29) is 29.0 Å². The van der Waals surface area contributed by atoms with Gasteiger partial charge in [-0.15, -0.1) is 0 Å². The Hall–Kier alpha value is -2.71. The second kappa shape index (κ2) is 8.67. The minimum absolute atomic E-state index is 0.0979. The number of amides is 1. The van der Waals surface area contributed by atoms with Crippen LogP contribution in [0.2, 0.25) is 10.0 Å². The predicted octanol–water partition coefficient (Wildman–Crippen LogP) is 6.34. The molecule has 0 saturated carbocycles. The fourth-order valence-electron chi connectivity index (χ4n) is 3.73. The molecular formula is C22H19Cl2F3N4O. The summed E-state index contributed by atoms with van der Waals surface area (Å²) in [6, 6.07) is 12.4. The summed E-state index contributed by atoms with van der Waals surface area (Å²) in [4.78, 5) is 12.7. The molecule has 0 fully saturated rings. The highest BCUT2D eigenvalue weighted by Crippen LogP contribution is 2.44. The number of rotatable bonds is 4. The van der Waals surface area contributed by atoms with E-state index in [1.165, 1.54) is 12.1 Å². The molecule has 1 amide bonds. The predicted molar refractivity (Wildman–Crippen MR) is 117 cm³/mol. The van der Waals surface area contributed by atoms with E-state index in [0.717, 1.165) is 10.2 Å². The van der Waals surface area contributed by atoms with Crippen molar-refractivity contribution in [3.05, 3.63) is 81.5 Å². The Balaban J connectivity index is 1.61. The maximum Gasteiger partial charge on any atom is 0.410 e. The SMILES string of the molecule is C[C@@H](NC(=O)c1cc2n(n1)[C@H](C(F)(F)F)C[C@@H](c1ccc(Cl)c(Cl)c1)N2)c1ccccc1. The molecule has 2 heterocycles. The van der Waals surface area contributed by atoms with Crippen LogP contribution in [0.25, 0.3) is 0 Å². The van der Waals surface area contributed by atoms with Crippen LogP contribution >= 0.6 is 23.2 Å². The molecule has 168 valence electrons. The number of carbonyl (C=O) groups is 1. The molecule has 0 aliphatic carbocycles. The minimum atomic E-state index is -4.55. The quantitative estimate of drug-likeness (QED) is 0.455. The number of nitrogens with one attached hydrogen (secondary N) is 2. The Morgan fingerprint density at radius 2 is 1.88 bits per heavy atom. The Morgan fingerprint density at radius 1 is 1.16 bits per heavy atom. The van der Waals surface area contributed by atoms with E-state index in [0.29, 0.717) is 10.6 Å². The fraction of sp³-hybridized carbons (Fsp3) is 0.273. The van der Waals surface area contributed by atoms with Crippen molar-refractivity contribution in [3.63, 3.8) is 0 Å². The number of aromatic nitrogens is 2. The van der Waals surface area contributed by atoms with Crippen LogP contribution in [-0.4, -0.2) is 21.9 Å². The Labute approximate surface area is 192 Å². The first kappa shape index (κ1) is 22.5. The molecule has 1 aliphatic rings. The number of benzene rings is 2. The molecule has 3 atom stereocenters. The first-order chi connectivity index (χ1) is 15.1. The van der Waals surface area contributed by atoms with E-state index in [2.05, 4.69) is 15.7 Å². The maximum atomic E-state index is 13.9. The van der Waals surface area contributed by atoms with Crippen LogP contribution in [0.3, 0.4) is 0 Å². The third kappa shape index (κ3) is 4.56. The summed E-state index contributed by atoms with van der Waals surface area (Å²) >= 11 is 12.0.